The summed E-state index contributed by atoms with van der Waals surface area (Å²) in [6.07, 6.45) is 4.99. The normalized spacial score (nSPS) is 35.4. The molecule has 3 rings (SSSR count). The first-order valence-corrected chi connectivity index (χ1v) is 6.32. The first-order chi connectivity index (χ1) is 8.22. The molecule has 2 aliphatic rings. The molecule has 3 unspecified atom stereocenters. The number of hydrogen-bond acceptors (Lipinski definition) is 2. The van der Waals surface area contributed by atoms with E-state index in [1.54, 1.807) is 0 Å². The van der Waals surface area contributed by atoms with Crippen LogP contribution in [0.3, 0.4) is 0 Å². The summed E-state index contributed by atoms with van der Waals surface area (Å²) in [6.45, 7) is 0.658. The number of hydrogen-bond donors (Lipinski definition) is 1. The van der Waals surface area contributed by atoms with Crippen LogP contribution in [-0.4, -0.2) is 18.8 Å². The zero-order chi connectivity index (χ0) is 11.9. The van der Waals surface area contributed by atoms with Crippen molar-refractivity contribution >= 4 is 0 Å². The second kappa shape index (κ2) is 4.07. The van der Waals surface area contributed by atoms with Crippen LogP contribution in [0.2, 0.25) is 0 Å². The lowest BCUT2D eigenvalue weighted by Gasteiger charge is -2.34. The molecule has 2 fully saturated rings. The van der Waals surface area contributed by atoms with Gasteiger partial charge in [0.2, 0.25) is 0 Å². The van der Waals surface area contributed by atoms with Gasteiger partial charge < -0.3 is 10.5 Å². The number of halogens is 1. The Labute approximate surface area is 101 Å². The van der Waals surface area contributed by atoms with Crippen molar-refractivity contribution in [1.82, 2.24) is 0 Å². The quantitative estimate of drug-likeness (QED) is 0.872. The van der Waals surface area contributed by atoms with Crippen LogP contribution in [0, 0.1) is 11.2 Å². The van der Waals surface area contributed by atoms with E-state index in [0.29, 0.717) is 18.8 Å². The summed E-state index contributed by atoms with van der Waals surface area (Å²) in [5.41, 5.74) is 7.22. The minimum absolute atomic E-state index is 0.0841. The van der Waals surface area contributed by atoms with Crippen LogP contribution >= 0.6 is 0 Å². The van der Waals surface area contributed by atoms with Crippen molar-refractivity contribution < 1.29 is 9.13 Å². The number of nitrogens with two attached hydrogens (primary N) is 1. The molecule has 2 bridgehead atoms. The number of rotatable bonds is 3. The van der Waals surface area contributed by atoms with E-state index in [2.05, 4.69) is 0 Å². The van der Waals surface area contributed by atoms with Crippen molar-refractivity contribution in [2.75, 3.05) is 6.54 Å². The van der Waals surface area contributed by atoms with E-state index in [9.17, 15) is 4.39 Å². The molecule has 0 aliphatic carbocycles. The second-order valence-corrected chi connectivity index (χ2v) is 5.40. The number of fused-ring (bicyclic) bond motifs is 2. The summed E-state index contributed by atoms with van der Waals surface area (Å²) in [4.78, 5) is 0. The summed E-state index contributed by atoms with van der Waals surface area (Å²) >= 11 is 0. The summed E-state index contributed by atoms with van der Waals surface area (Å²) < 4.78 is 18.8. The highest BCUT2D eigenvalue weighted by molar-refractivity contribution is 5.20. The molecule has 0 saturated carbocycles. The molecule has 1 aromatic rings. The van der Waals surface area contributed by atoms with E-state index in [1.165, 1.54) is 18.6 Å². The van der Waals surface area contributed by atoms with Gasteiger partial charge in [0.15, 0.2) is 0 Å². The van der Waals surface area contributed by atoms with Crippen molar-refractivity contribution in [3.8, 4) is 0 Å². The van der Waals surface area contributed by atoms with Crippen LogP contribution in [0.25, 0.3) is 0 Å². The van der Waals surface area contributed by atoms with Gasteiger partial charge in [-0.05, 0) is 43.4 Å². The monoisotopic (exact) mass is 235 g/mol. The van der Waals surface area contributed by atoms with E-state index in [0.717, 1.165) is 24.8 Å². The van der Waals surface area contributed by atoms with Crippen LogP contribution in [0.5, 0.6) is 0 Å². The Morgan fingerprint density at radius 3 is 2.59 bits per heavy atom. The molecule has 0 aromatic heterocycles. The van der Waals surface area contributed by atoms with Gasteiger partial charge in [0, 0.05) is 12.0 Å². The van der Waals surface area contributed by atoms with Gasteiger partial charge >= 0.3 is 0 Å². The highest BCUT2D eigenvalue weighted by Gasteiger charge is 2.51. The molecule has 3 atom stereocenters. The highest BCUT2D eigenvalue weighted by atomic mass is 19.1. The molecule has 2 N–H and O–H groups in total. The SMILES string of the molecule is NCC1(Cc2ccc(F)cc2)CC2CCC1O2. The molecule has 2 nitrogen and oxygen atoms in total. The average Bonchev–Trinajstić information content (AvgIpc) is 2.93. The molecule has 0 amide bonds. The van der Waals surface area contributed by atoms with Crippen molar-refractivity contribution in [2.45, 2.75) is 37.9 Å². The maximum atomic E-state index is 12.9. The van der Waals surface area contributed by atoms with Gasteiger partial charge in [-0.1, -0.05) is 12.1 Å². The van der Waals surface area contributed by atoms with Gasteiger partial charge in [-0.25, -0.2) is 4.39 Å². The Bertz CT molecular complexity index is 405. The molecule has 2 saturated heterocycles. The van der Waals surface area contributed by atoms with Crippen molar-refractivity contribution in [1.29, 1.82) is 0 Å². The molecule has 17 heavy (non-hydrogen) atoms. The fraction of sp³-hybridized carbons (Fsp3) is 0.571. The van der Waals surface area contributed by atoms with E-state index in [-0.39, 0.29) is 11.2 Å². The maximum Gasteiger partial charge on any atom is 0.123 e. The fourth-order valence-corrected chi connectivity index (χ4v) is 3.37. The minimum atomic E-state index is -0.181. The summed E-state index contributed by atoms with van der Waals surface area (Å²) in [5, 5.41) is 0. The van der Waals surface area contributed by atoms with Gasteiger partial charge in [0.05, 0.1) is 12.2 Å². The van der Waals surface area contributed by atoms with Crippen LogP contribution < -0.4 is 5.73 Å². The summed E-state index contributed by atoms with van der Waals surface area (Å²) in [7, 11) is 0. The number of benzene rings is 1. The third kappa shape index (κ3) is 1.87. The van der Waals surface area contributed by atoms with E-state index in [4.69, 9.17) is 10.5 Å². The Balaban J connectivity index is 1.80. The first kappa shape index (κ1) is 11.2. The van der Waals surface area contributed by atoms with Gasteiger partial charge in [-0.15, -0.1) is 0 Å². The first-order valence-electron chi connectivity index (χ1n) is 6.32. The summed E-state index contributed by atoms with van der Waals surface area (Å²) in [5.74, 6) is -0.181. The lowest BCUT2D eigenvalue weighted by atomic mass is 9.70. The van der Waals surface area contributed by atoms with Crippen LogP contribution in [0.15, 0.2) is 24.3 Å². The van der Waals surface area contributed by atoms with E-state index in [1.807, 2.05) is 12.1 Å². The van der Waals surface area contributed by atoms with Crippen molar-refractivity contribution in [3.05, 3.63) is 35.6 Å². The zero-order valence-corrected chi connectivity index (χ0v) is 9.86. The second-order valence-electron chi connectivity index (χ2n) is 5.40. The van der Waals surface area contributed by atoms with Gasteiger partial charge in [0.25, 0.3) is 0 Å². The van der Waals surface area contributed by atoms with Crippen LogP contribution in [0.4, 0.5) is 4.39 Å². The molecule has 92 valence electrons. The molecule has 2 aliphatic heterocycles. The Hall–Kier alpha value is -0.930. The lowest BCUT2D eigenvalue weighted by Crippen LogP contribution is -2.41. The lowest BCUT2D eigenvalue weighted by molar-refractivity contribution is 0.0636. The minimum Gasteiger partial charge on any atom is -0.374 e. The van der Waals surface area contributed by atoms with Gasteiger partial charge in [-0.3, -0.25) is 0 Å². The smallest absolute Gasteiger partial charge is 0.123 e. The van der Waals surface area contributed by atoms with Crippen molar-refractivity contribution in [3.63, 3.8) is 0 Å². The zero-order valence-electron chi connectivity index (χ0n) is 9.86. The molecular weight excluding hydrogens is 217 g/mol. The molecule has 1 aromatic carbocycles. The molecule has 2 heterocycles. The summed E-state index contributed by atoms with van der Waals surface area (Å²) in [6, 6.07) is 6.76. The highest BCUT2D eigenvalue weighted by Crippen LogP contribution is 2.48. The molecule has 3 heteroatoms. The standard InChI is InChI=1S/C14H18FNO/c15-11-3-1-10(2-4-11)7-14(9-16)8-12-5-6-13(14)17-12/h1-4,12-13H,5-9,16H2. The fourth-order valence-electron chi connectivity index (χ4n) is 3.37. The Morgan fingerprint density at radius 2 is 2.06 bits per heavy atom. The van der Waals surface area contributed by atoms with Crippen molar-refractivity contribution in [2.24, 2.45) is 11.1 Å². The predicted molar refractivity (Wildman–Crippen MR) is 64.1 cm³/mol. The van der Waals surface area contributed by atoms with E-state index >= 15 is 0 Å². The third-order valence-corrected chi connectivity index (χ3v) is 4.30. The molecule has 0 spiro atoms. The van der Waals surface area contributed by atoms with Gasteiger partial charge in [-0.2, -0.15) is 0 Å². The molecular formula is C14H18FNO. The van der Waals surface area contributed by atoms with Crippen LogP contribution in [-0.2, 0) is 11.2 Å². The topological polar surface area (TPSA) is 35.2 Å². The van der Waals surface area contributed by atoms with Gasteiger partial charge in [0.1, 0.15) is 5.82 Å². The molecule has 0 radical (unpaired) electrons. The number of ether oxygens (including phenoxy) is 1. The maximum absolute atomic E-state index is 12.9. The largest absolute Gasteiger partial charge is 0.374 e. The van der Waals surface area contributed by atoms with E-state index < -0.39 is 0 Å². The Morgan fingerprint density at radius 1 is 1.29 bits per heavy atom. The average molecular weight is 235 g/mol. The predicted octanol–water partition coefficient (Wildman–Crippen LogP) is 2.26. The third-order valence-electron chi connectivity index (χ3n) is 4.30. The Kier molecular flexibility index (Phi) is 2.68. The van der Waals surface area contributed by atoms with Crippen LogP contribution in [0.1, 0.15) is 24.8 Å².